The predicted octanol–water partition coefficient (Wildman–Crippen LogP) is 1.74. The molecule has 4 nitrogen and oxygen atoms in total. The Balaban J connectivity index is 2.26. The van der Waals surface area contributed by atoms with Crippen molar-refractivity contribution in [2.75, 3.05) is 26.9 Å². The molecule has 0 bridgehead atoms. The van der Waals surface area contributed by atoms with E-state index in [1.54, 1.807) is 7.11 Å². The quantitative estimate of drug-likeness (QED) is 0.669. The first-order valence-electron chi connectivity index (χ1n) is 6.68. The molecule has 1 aromatic carbocycles. The van der Waals surface area contributed by atoms with Gasteiger partial charge in [-0.25, -0.2) is 0 Å². The van der Waals surface area contributed by atoms with Crippen molar-refractivity contribution < 1.29 is 14.6 Å². The highest BCUT2D eigenvalue weighted by Gasteiger charge is 2.15. The fourth-order valence-corrected chi connectivity index (χ4v) is 1.72. The van der Waals surface area contributed by atoms with E-state index in [1.807, 2.05) is 19.1 Å². The van der Waals surface area contributed by atoms with Gasteiger partial charge >= 0.3 is 0 Å². The summed E-state index contributed by atoms with van der Waals surface area (Å²) in [5.41, 5.74) is 6.58. The van der Waals surface area contributed by atoms with Crippen molar-refractivity contribution in [1.82, 2.24) is 0 Å². The molecule has 1 rings (SSSR count). The number of nitrogens with two attached hydrogens (primary N) is 1. The van der Waals surface area contributed by atoms with Crippen molar-refractivity contribution >= 4 is 0 Å². The van der Waals surface area contributed by atoms with Gasteiger partial charge in [-0.3, -0.25) is 0 Å². The van der Waals surface area contributed by atoms with E-state index < -0.39 is 5.54 Å². The van der Waals surface area contributed by atoms with E-state index in [2.05, 4.69) is 12.1 Å². The predicted molar refractivity (Wildman–Crippen MR) is 76.4 cm³/mol. The summed E-state index contributed by atoms with van der Waals surface area (Å²) in [6.07, 6.45) is 2.49. The SMILES string of the molecule is COCCc1ccc(OCCCC(C)(N)CO)cc1. The Morgan fingerprint density at radius 2 is 1.89 bits per heavy atom. The molecule has 1 atom stereocenters. The zero-order valence-electron chi connectivity index (χ0n) is 11.9. The van der Waals surface area contributed by atoms with Crippen LogP contribution >= 0.6 is 0 Å². The second-order valence-corrected chi connectivity index (χ2v) is 5.15. The van der Waals surface area contributed by atoms with Crippen LogP contribution in [-0.2, 0) is 11.2 Å². The molecule has 0 aromatic heterocycles. The average molecular weight is 267 g/mol. The van der Waals surface area contributed by atoms with Gasteiger partial charge in [-0.2, -0.15) is 0 Å². The second kappa shape index (κ2) is 8.15. The number of aliphatic hydroxyl groups excluding tert-OH is 1. The van der Waals surface area contributed by atoms with Gasteiger partial charge in [0, 0.05) is 12.6 Å². The van der Waals surface area contributed by atoms with Gasteiger partial charge in [0.15, 0.2) is 0 Å². The van der Waals surface area contributed by atoms with E-state index in [9.17, 15) is 0 Å². The molecule has 0 amide bonds. The first-order chi connectivity index (χ1) is 9.07. The maximum atomic E-state index is 9.04. The Hall–Kier alpha value is -1.10. The van der Waals surface area contributed by atoms with Crippen LogP contribution in [0, 0.1) is 0 Å². The van der Waals surface area contributed by atoms with E-state index in [-0.39, 0.29) is 6.61 Å². The van der Waals surface area contributed by atoms with Crippen LogP contribution in [0.3, 0.4) is 0 Å². The topological polar surface area (TPSA) is 64.7 Å². The molecule has 108 valence electrons. The summed E-state index contributed by atoms with van der Waals surface area (Å²) in [6.45, 7) is 3.19. The van der Waals surface area contributed by atoms with Crippen molar-refractivity contribution in [1.29, 1.82) is 0 Å². The summed E-state index contributed by atoms with van der Waals surface area (Å²) in [5.74, 6) is 0.865. The van der Waals surface area contributed by atoms with Crippen LogP contribution in [0.5, 0.6) is 5.75 Å². The lowest BCUT2D eigenvalue weighted by Gasteiger charge is -2.21. The molecule has 19 heavy (non-hydrogen) atoms. The largest absolute Gasteiger partial charge is 0.494 e. The first-order valence-corrected chi connectivity index (χ1v) is 6.68. The molecule has 4 heteroatoms. The minimum atomic E-state index is -0.507. The van der Waals surface area contributed by atoms with Gasteiger partial charge in [-0.1, -0.05) is 12.1 Å². The Morgan fingerprint density at radius 1 is 1.21 bits per heavy atom. The van der Waals surface area contributed by atoms with Crippen LogP contribution in [0.4, 0.5) is 0 Å². The minimum Gasteiger partial charge on any atom is -0.494 e. The van der Waals surface area contributed by atoms with Crippen molar-refractivity contribution in [3.05, 3.63) is 29.8 Å². The highest BCUT2D eigenvalue weighted by Crippen LogP contribution is 2.14. The summed E-state index contributed by atoms with van der Waals surface area (Å²) < 4.78 is 10.7. The minimum absolute atomic E-state index is 0.00119. The van der Waals surface area contributed by atoms with Gasteiger partial charge < -0.3 is 20.3 Å². The second-order valence-electron chi connectivity index (χ2n) is 5.15. The van der Waals surface area contributed by atoms with Gasteiger partial charge in [-0.05, 0) is 43.9 Å². The molecule has 0 aliphatic rings. The standard InChI is InChI=1S/C15H25NO3/c1-15(16,12-17)9-3-10-19-14-6-4-13(5-7-14)8-11-18-2/h4-7,17H,3,8-12,16H2,1-2H3. The zero-order chi connectivity index (χ0) is 14.1. The number of methoxy groups -OCH3 is 1. The fraction of sp³-hybridized carbons (Fsp3) is 0.600. The molecular formula is C15H25NO3. The van der Waals surface area contributed by atoms with E-state index in [1.165, 1.54) is 5.56 Å². The monoisotopic (exact) mass is 267 g/mol. The first kappa shape index (κ1) is 16.0. The fourth-order valence-electron chi connectivity index (χ4n) is 1.72. The number of hydrogen-bond acceptors (Lipinski definition) is 4. The van der Waals surface area contributed by atoms with Gasteiger partial charge in [0.25, 0.3) is 0 Å². The van der Waals surface area contributed by atoms with E-state index in [0.717, 1.165) is 31.6 Å². The third kappa shape index (κ3) is 6.57. The molecule has 0 aliphatic carbocycles. The van der Waals surface area contributed by atoms with Crippen molar-refractivity contribution in [2.45, 2.75) is 31.7 Å². The third-order valence-corrected chi connectivity index (χ3v) is 3.04. The van der Waals surface area contributed by atoms with Crippen LogP contribution < -0.4 is 10.5 Å². The van der Waals surface area contributed by atoms with E-state index in [4.69, 9.17) is 20.3 Å². The molecule has 1 unspecified atom stereocenters. The number of ether oxygens (including phenoxy) is 2. The summed E-state index contributed by atoms with van der Waals surface area (Å²) in [5, 5.41) is 9.04. The summed E-state index contributed by atoms with van der Waals surface area (Å²) >= 11 is 0. The molecule has 3 N–H and O–H groups in total. The summed E-state index contributed by atoms with van der Waals surface area (Å²) in [6, 6.07) is 8.04. The van der Waals surface area contributed by atoms with Crippen molar-refractivity contribution in [3.8, 4) is 5.75 Å². The Bertz CT molecular complexity index is 349. The molecule has 0 saturated carbocycles. The maximum absolute atomic E-state index is 9.04. The molecule has 0 heterocycles. The molecule has 0 radical (unpaired) electrons. The van der Waals surface area contributed by atoms with Gasteiger partial charge in [-0.15, -0.1) is 0 Å². The van der Waals surface area contributed by atoms with Gasteiger partial charge in [0.1, 0.15) is 5.75 Å². The van der Waals surface area contributed by atoms with Gasteiger partial charge in [0.05, 0.1) is 19.8 Å². The average Bonchev–Trinajstić information content (AvgIpc) is 2.42. The highest BCUT2D eigenvalue weighted by atomic mass is 16.5. The Kier molecular flexibility index (Phi) is 6.84. The van der Waals surface area contributed by atoms with Crippen LogP contribution in [0.25, 0.3) is 0 Å². The van der Waals surface area contributed by atoms with Crippen molar-refractivity contribution in [3.63, 3.8) is 0 Å². The molecule has 0 aliphatic heterocycles. The van der Waals surface area contributed by atoms with Crippen LogP contribution in [0.1, 0.15) is 25.3 Å². The Morgan fingerprint density at radius 3 is 2.47 bits per heavy atom. The number of benzene rings is 1. The Labute approximate surface area is 115 Å². The maximum Gasteiger partial charge on any atom is 0.119 e. The lowest BCUT2D eigenvalue weighted by Crippen LogP contribution is -2.40. The van der Waals surface area contributed by atoms with E-state index >= 15 is 0 Å². The zero-order valence-corrected chi connectivity index (χ0v) is 11.9. The normalized spacial score (nSPS) is 14.1. The smallest absolute Gasteiger partial charge is 0.119 e. The van der Waals surface area contributed by atoms with Crippen molar-refractivity contribution in [2.24, 2.45) is 5.73 Å². The molecule has 0 saturated heterocycles. The number of aliphatic hydroxyl groups is 1. The molecule has 1 aromatic rings. The summed E-state index contributed by atoms with van der Waals surface area (Å²) in [7, 11) is 1.70. The lowest BCUT2D eigenvalue weighted by atomic mass is 9.99. The van der Waals surface area contributed by atoms with Crippen LogP contribution in [0.15, 0.2) is 24.3 Å². The van der Waals surface area contributed by atoms with Crippen LogP contribution in [-0.4, -0.2) is 37.6 Å². The molecular weight excluding hydrogens is 242 g/mol. The van der Waals surface area contributed by atoms with E-state index in [0.29, 0.717) is 6.61 Å². The van der Waals surface area contributed by atoms with Crippen LogP contribution in [0.2, 0.25) is 0 Å². The lowest BCUT2D eigenvalue weighted by molar-refractivity contribution is 0.188. The number of rotatable bonds is 9. The summed E-state index contributed by atoms with van der Waals surface area (Å²) in [4.78, 5) is 0. The molecule has 0 spiro atoms. The third-order valence-electron chi connectivity index (χ3n) is 3.04. The highest BCUT2D eigenvalue weighted by molar-refractivity contribution is 5.27. The van der Waals surface area contributed by atoms with Gasteiger partial charge in [0.2, 0.25) is 0 Å². The molecule has 0 fully saturated rings. The number of hydrogen-bond donors (Lipinski definition) is 2.